The van der Waals surface area contributed by atoms with Gasteiger partial charge in [0.05, 0.1) is 17.3 Å². The maximum absolute atomic E-state index is 12.3. The molecule has 4 rings (SSSR count). The number of carbonyl (C=O) groups excluding carboxylic acids is 1. The van der Waals surface area contributed by atoms with E-state index in [1.54, 1.807) is 30.6 Å². The highest BCUT2D eigenvalue weighted by atomic mass is 32.1. The van der Waals surface area contributed by atoms with Gasteiger partial charge in [-0.25, -0.2) is 4.98 Å². The van der Waals surface area contributed by atoms with Crippen molar-refractivity contribution in [2.24, 2.45) is 0 Å². The summed E-state index contributed by atoms with van der Waals surface area (Å²) in [6.45, 7) is 0. The first-order chi connectivity index (χ1) is 15.3. The second kappa shape index (κ2) is 8.84. The summed E-state index contributed by atoms with van der Waals surface area (Å²) in [6, 6.07) is 19.8. The van der Waals surface area contributed by atoms with Crippen LogP contribution in [0.1, 0.15) is 11.1 Å². The molecular formula is C24H17F3N2O2S. The molecular weight excluding hydrogens is 437 g/mol. The quantitative estimate of drug-likeness (QED) is 0.344. The average Bonchev–Trinajstić information content (AvgIpc) is 3.21. The lowest BCUT2D eigenvalue weighted by Gasteiger charge is -2.07. The summed E-state index contributed by atoms with van der Waals surface area (Å²) in [7, 11) is 1.63. The third-order valence-corrected chi connectivity index (χ3v) is 5.71. The lowest BCUT2D eigenvalue weighted by molar-refractivity contribution is -0.167. The van der Waals surface area contributed by atoms with E-state index >= 15 is 0 Å². The van der Waals surface area contributed by atoms with E-state index in [9.17, 15) is 18.0 Å². The Labute approximate surface area is 186 Å². The summed E-state index contributed by atoms with van der Waals surface area (Å²) in [5, 5.41) is 2.74. The largest absolute Gasteiger partial charge is 0.497 e. The van der Waals surface area contributed by atoms with Crippen LogP contribution in [-0.2, 0) is 4.79 Å². The second-order valence-corrected chi connectivity index (χ2v) is 7.91. The molecule has 0 radical (unpaired) electrons. The molecule has 3 aromatic carbocycles. The SMILES string of the molecule is COc1ccc2nc(-c3ccc(C=Cc4ccc(NC(=O)C(F)(F)F)cc4)cc3)sc2c1. The number of amides is 1. The Morgan fingerprint density at radius 3 is 2.19 bits per heavy atom. The lowest BCUT2D eigenvalue weighted by atomic mass is 10.1. The predicted octanol–water partition coefficient (Wildman–Crippen LogP) is 6.64. The third kappa shape index (κ3) is 4.97. The van der Waals surface area contributed by atoms with Crippen molar-refractivity contribution >= 4 is 45.3 Å². The number of carbonyl (C=O) groups is 1. The van der Waals surface area contributed by atoms with Crippen LogP contribution in [0.5, 0.6) is 5.75 Å². The van der Waals surface area contributed by atoms with Crippen molar-refractivity contribution in [3.05, 3.63) is 77.9 Å². The van der Waals surface area contributed by atoms with E-state index in [1.807, 2.05) is 59.9 Å². The molecule has 0 saturated carbocycles. The fourth-order valence-corrected chi connectivity index (χ4v) is 3.96. The molecule has 4 nitrogen and oxygen atoms in total. The molecule has 162 valence electrons. The van der Waals surface area contributed by atoms with Gasteiger partial charge in [0, 0.05) is 11.3 Å². The number of benzene rings is 3. The summed E-state index contributed by atoms with van der Waals surface area (Å²) in [6.07, 6.45) is -1.17. The van der Waals surface area contributed by atoms with Gasteiger partial charge in [-0.3, -0.25) is 4.79 Å². The van der Waals surface area contributed by atoms with Gasteiger partial charge in [-0.05, 0) is 41.5 Å². The van der Waals surface area contributed by atoms with E-state index in [0.717, 1.165) is 37.7 Å². The van der Waals surface area contributed by atoms with Crippen LogP contribution in [0, 0.1) is 0 Å². The number of nitrogens with zero attached hydrogens (tertiary/aromatic N) is 1. The number of thiazole rings is 1. The number of rotatable bonds is 5. The second-order valence-electron chi connectivity index (χ2n) is 6.88. The Kier molecular flexibility index (Phi) is 5.96. The number of alkyl halides is 3. The van der Waals surface area contributed by atoms with Crippen molar-refractivity contribution in [3.63, 3.8) is 0 Å². The fraction of sp³-hybridized carbons (Fsp3) is 0.0833. The number of fused-ring (bicyclic) bond motifs is 1. The summed E-state index contributed by atoms with van der Waals surface area (Å²) in [5.74, 6) is -1.20. The van der Waals surface area contributed by atoms with Crippen LogP contribution >= 0.6 is 11.3 Å². The van der Waals surface area contributed by atoms with Crippen molar-refractivity contribution in [1.82, 2.24) is 4.98 Å². The molecule has 4 aromatic rings. The molecule has 0 bridgehead atoms. The maximum atomic E-state index is 12.3. The summed E-state index contributed by atoms with van der Waals surface area (Å²) in [4.78, 5) is 15.6. The molecule has 0 aliphatic carbocycles. The number of anilines is 1. The van der Waals surface area contributed by atoms with Crippen molar-refractivity contribution in [2.45, 2.75) is 6.18 Å². The van der Waals surface area contributed by atoms with Gasteiger partial charge in [0.15, 0.2) is 0 Å². The highest BCUT2D eigenvalue weighted by Crippen LogP contribution is 2.32. The van der Waals surface area contributed by atoms with Gasteiger partial charge in [-0.1, -0.05) is 48.6 Å². The van der Waals surface area contributed by atoms with E-state index in [2.05, 4.69) is 4.98 Å². The first-order valence-electron chi connectivity index (χ1n) is 9.53. The predicted molar refractivity (Wildman–Crippen MR) is 122 cm³/mol. The standard InChI is InChI=1S/C24H17F3N2O2S/c1-31-19-12-13-20-21(14-19)32-22(29-20)17-8-4-15(5-9-17)2-3-16-6-10-18(11-7-16)28-23(30)24(25,26)27/h2-14H,1H3,(H,28,30). The monoisotopic (exact) mass is 454 g/mol. The molecule has 0 unspecified atom stereocenters. The normalized spacial score (nSPS) is 11.8. The zero-order valence-corrected chi connectivity index (χ0v) is 17.6. The number of halogens is 3. The Morgan fingerprint density at radius 1 is 0.969 bits per heavy atom. The van der Waals surface area contributed by atoms with Crippen LogP contribution in [0.25, 0.3) is 32.9 Å². The number of methoxy groups -OCH3 is 1. The number of hydrogen-bond acceptors (Lipinski definition) is 4. The van der Waals surface area contributed by atoms with E-state index in [0.29, 0.717) is 0 Å². The minimum absolute atomic E-state index is 0.0854. The molecule has 1 N–H and O–H groups in total. The Morgan fingerprint density at radius 2 is 1.59 bits per heavy atom. The molecule has 0 atom stereocenters. The molecule has 0 aliphatic rings. The van der Waals surface area contributed by atoms with Gasteiger partial charge >= 0.3 is 12.1 Å². The lowest BCUT2D eigenvalue weighted by Crippen LogP contribution is -2.29. The first-order valence-corrected chi connectivity index (χ1v) is 10.3. The van der Waals surface area contributed by atoms with Crippen LogP contribution in [0.2, 0.25) is 0 Å². The minimum atomic E-state index is -4.91. The van der Waals surface area contributed by atoms with Crippen LogP contribution in [0.3, 0.4) is 0 Å². The van der Waals surface area contributed by atoms with Crippen molar-refractivity contribution in [2.75, 3.05) is 12.4 Å². The summed E-state index contributed by atoms with van der Waals surface area (Å²) < 4.78 is 43.3. The van der Waals surface area contributed by atoms with Gasteiger partial charge in [-0.2, -0.15) is 13.2 Å². The van der Waals surface area contributed by atoms with Gasteiger partial charge in [0.2, 0.25) is 0 Å². The zero-order valence-electron chi connectivity index (χ0n) is 16.8. The topological polar surface area (TPSA) is 51.2 Å². The molecule has 0 saturated heterocycles. The smallest absolute Gasteiger partial charge is 0.471 e. The molecule has 32 heavy (non-hydrogen) atoms. The molecule has 0 fully saturated rings. The van der Waals surface area contributed by atoms with Crippen molar-refractivity contribution < 1.29 is 22.7 Å². The number of nitrogens with one attached hydrogen (secondary N) is 1. The van der Waals surface area contributed by atoms with E-state index in [-0.39, 0.29) is 5.69 Å². The summed E-state index contributed by atoms with van der Waals surface area (Å²) >= 11 is 1.59. The van der Waals surface area contributed by atoms with Crippen LogP contribution < -0.4 is 10.1 Å². The van der Waals surface area contributed by atoms with Gasteiger partial charge in [-0.15, -0.1) is 11.3 Å². The highest BCUT2D eigenvalue weighted by Gasteiger charge is 2.38. The Hall–Kier alpha value is -3.65. The van der Waals surface area contributed by atoms with Crippen molar-refractivity contribution in [3.8, 4) is 16.3 Å². The van der Waals surface area contributed by atoms with Crippen LogP contribution in [-0.4, -0.2) is 24.2 Å². The number of aromatic nitrogens is 1. The molecule has 0 aliphatic heterocycles. The van der Waals surface area contributed by atoms with E-state index in [4.69, 9.17) is 4.74 Å². The number of ether oxygens (including phenoxy) is 1. The molecule has 0 spiro atoms. The van der Waals surface area contributed by atoms with Gasteiger partial charge < -0.3 is 10.1 Å². The molecule has 1 amide bonds. The molecule has 8 heteroatoms. The zero-order chi connectivity index (χ0) is 22.7. The van der Waals surface area contributed by atoms with Crippen LogP contribution in [0.4, 0.5) is 18.9 Å². The fourth-order valence-electron chi connectivity index (χ4n) is 2.96. The maximum Gasteiger partial charge on any atom is 0.471 e. The van der Waals surface area contributed by atoms with Crippen LogP contribution in [0.15, 0.2) is 66.7 Å². The van der Waals surface area contributed by atoms with E-state index < -0.39 is 12.1 Å². The minimum Gasteiger partial charge on any atom is -0.497 e. The molecule has 1 heterocycles. The molecule has 1 aromatic heterocycles. The Balaban J connectivity index is 1.44. The van der Waals surface area contributed by atoms with Crippen molar-refractivity contribution in [1.29, 1.82) is 0 Å². The summed E-state index contributed by atoms with van der Waals surface area (Å²) in [5.41, 5.74) is 3.77. The van der Waals surface area contributed by atoms with Gasteiger partial charge in [0.25, 0.3) is 0 Å². The third-order valence-electron chi connectivity index (χ3n) is 4.65. The number of hydrogen-bond donors (Lipinski definition) is 1. The average molecular weight is 454 g/mol. The highest BCUT2D eigenvalue weighted by molar-refractivity contribution is 7.21. The Bertz CT molecular complexity index is 1280. The first kappa shape index (κ1) is 21.6. The van der Waals surface area contributed by atoms with Gasteiger partial charge in [0.1, 0.15) is 10.8 Å². The van der Waals surface area contributed by atoms with E-state index in [1.165, 1.54) is 12.1 Å².